The summed E-state index contributed by atoms with van der Waals surface area (Å²) >= 11 is 1.69. The van der Waals surface area contributed by atoms with Gasteiger partial charge in [-0.1, -0.05) is 6.07 Å². The average molecular weight is 208 g/mol. The standard InChI is InChI=1S/C10H12N2OS/c1-12(10(13)4-6-11)7-5-9-3-2-8-14-9/h2-3,8H,4-5,7H2,1H3. The molecular weight excluding hydrogens is 196 g/mol. The Morgan fingerprint density at radius 2 is 2.50 bits per heavy atom. The van der Waals surface area contributed by atoms with Crippen LogP contribution >= 0.6 is 11.3 Å². The van der Waals surface area contributed by atoms with Crippen molar-refractivity contribution in [2.75, 3.05) is 13.6 Å². The molecule has 1 heterocycles. The van der Waals surface area contributed by atoms with Gasteiger partial charge in [-0.25, -0.2) is 0 Å². The van der Waals surface area contributed by atoms with E-state index in [1.165, 1.54) is 4.88 Å². The lowest BCUT2D eigenvalue weighted by Crippen LogP contribution is -2.28. The number of rotatable bonds is 4. The number of nitriles is 1. The lowest BCUT2D eigenvalue weighted by atomic mass is 10.3. The number of nitrogens with zero attached hydrogens (tertiary/aromatic N) is 2. The van der Waals surface area contributed by atoms with Crippen LogP contribution in [0.3, 0.4) is 0 Å². The van der Waals surface area contributed by atoms with E-state index >= 15 is 0 Å². The highest BCUT2D eigenvalue weighted by Gasteiger charge is 2.07. The van der Waals surface area contributed by atoms with Crippen molar-refractivity contribution in [1.82, 2.24) is 4.90 Å². The van der Waals surface area contributed by atoms with Crippen LogP contribution in [0, 0.1) is 11.3 Å². The molecule has 1 aromatic heterocycles. The molecule has 1 rings (SSSR count). The number of hydrogen-bond donors (Lipinski definition) is 0. The normalized spacial score (nSPS) is 9.43. The zero-order valence-electron chi connectivity index (χ0n) is 8.06. The smallest absolute Gasteiger partial charge is 0.236 e. The van der Waals surface area contributed by atoms with Crippen molar-refractivity contribution in [2.45, 2.75) is 12.8 Å². The molecule has 0 aliphatic heterocycles. The van der Waals surface area contributed by atoms with Crippen molar-refractivity contribution in [3.05, 3.63) is 22.4 Å². The summed E-state index contributed by atoms with van der Waals surface area (Å²) in [5, 5.41) is 10.4. The Morgan fingerprint density at radius 1 is 1.71 bits per heavy atom. The van der Waals surface area contributed by atoms with E-state index in [1.54, 1.807) is 23.3 Å². The molecule has 0 atom stereocenters. The second-order valence-electron chi connectivity index (χ2n) is 2.98. The van der Waals surface area contributed by atoms with E-state index in [4.69, 9.17) is 5.26 Å². The lowest BCUT2D eigenvalue weighted by molar-refractivity contribution is -0.128. The number of likely N-dealkylation sites (N-methyl/N-ethyl adjacent to an activating group) is 1. The number of carbonyl (C=O) groups excluding carboxylic acids is 1. The van der Waals surface area contributed by atoms with Gasteiger partial charge in [0.05, 0.1) is 6.07 Å². The molecular formula is C10H12N2OS. The monoisotopic (exact) mass is 208 g/mol. The van der Waals surface area contributed by atoms with Crippen LogP contribution < -0.4 is 0 Å². The Labute approximate surface area is 87.6 Å². The quantitative estimate of drug-likeness (QED) is 0.755. The first-order valence-electron chi connectivity index (χ1n) is 4.37. The molecule has 3 nitrogen and oxygen atoms in total. The molecule has 74 valence electrons. The summed E-state index contributed by atoms with van der Waals surface area (Å²) in [6, 6.07) is 5.90. The third-order valence-corrected chi connectivity index (χ3v) is 2.87. The highest BCUT2D eigenvalue weighted by atomic mass is 32.1. The third-order valence-electron chi connectivity index (χ3n) is 1.93. The topological polar surface area (TPSA) is 44.1 Å². The van der Waals surface area contributed by atoms with Gasteiger partial charge in [0.15, 0.2) is 0 Å². The molecule has 4 heteroatoms. The van der Waals surface area contributed by atoms with Gasteiger partial charge in [-0.2, -0.15) is 5.26 Å². The molecule has 0 unspecified atom stereocenters. The van der Waals surface area contributed by atoms with Crippen LogP contribution in [0.2, 0.25) is 0 Å². The van der Waals surface area contributed by atoms with Crippen LogP contribution in [0.4, 0.5) is 0 Å². The maximum absolute atomic E-state index is 11.2. The minimum Gasteiger partial charge on any atom is -0.345 e. The van der Waals surface area contributed by atoms with Gasteiger partial charge in [-0.15, -0.1) is 11.3 Å². The van der Waals surface area contributed by atoms with Crippen LogP contribution in [0.5, 0.6) is 0 Å². The molecule has 0 radical (unpaired) electrons. The minimum absolute atomic E-state index is 0.0268. The summed E-state index contributed by atoms with van der Waals surface area (Å²) in [5.41, 5.74) is 0. The molecule has 0 aromatic carbocycles. The highest BCUT2D eigenvalue weighted by molar-refractivity contribution is 7.09. The van der Waals surface area contributed by atoms with Gasteiger partial charge in [-0.05, 0) is 17.9 Å². The Balaban J connectivity index is 2.32. The Hall–Kier alpha value is -1.34. The first kappa shape index (κ1) is 10.7. The fourth-order valence-corrected chi connectivity index (χ4v) is 1.76. The SMILES string of the molecule is CN(CCc1cccs1)C(=O)CC#N. The fourth-order valence-electron chi connectivity index (χ4n) is 1.06. The van der Waals surface area contributed by atoms with Crippen LogP contribution in [0.25, 0.3) is 0 Å². The molecule has 1 amide bonds. The minimum atomic E-state index is -0.107. The van der Waals surface area contributed by atoms with Crippen molar-refractivity contribution in [1.29, 1.82) is 5.26 Å². The molecule has 0 saturated carbocycles. The molecule has 0 aliphatic rings. The summed E-state index contributed by atoms with van der Waals surface area (Å²) in [6.07, 6.45) is 0.840. The second-order valence-corrected chi connectivity index (χ2v) is 4.01. The number of amides is 1. The Kier molecular flexibility index (Phi) is 4.14. The summed E-state index contributed by atoms with van der Waals surface area (Å²) in [4.78, 5) is 14.1. The molecule has 0 aliphatic carbocycles. The maximum atomic E-state index is 11.2. The van der Waals surface area contributed by atoms with Crippen LogP contribution in [-0.2, 0) is 11.2 Å². The molecule has 0 spiro atoms. The molecule has 1 aromatic rings. The van der Waals surface area contributed by atoms with Crippen LogP contribution in [0.15, 0.2) is 17.5 Å². The van der Waals surface area contributed by atoms with Gasteiger partial charge < -0.3 is 4.90 Å². The first-order chi connectivity index (χ1) is 6.74. The van der Waals surface area contributed by atoms with E-state index in [0.717, 1.165) is 6.42 Å². The number of carbonyl (C=O) groups is 1. The predicted molar refractivity (Wildman–Crippen MR) is 55.9 cm³/mol. The van der Waals surface area contributed by atoms with Crippen molar-refractivity contribution in [3.8, 4) is 6.07 Å². The number of thiophene rings is 1. The van der Waals surface area contributed by atoms with Crippen LogP contribution in [0.1, 0.15) is 11.3 Å². The van der Waals surface area contributed by atoms with Gasteiger partial charge in [0, 0.05) is 18.5 Å². The molecule has 0 fully saturated rings. The highest BCUT2D eigenvalue weighted by Crippen LogP contribution is 2.09. The zero-order valence-corrected chi connectivity index (χ0v) is 8.88. The van der Waals surface area contributed by atoms with Gasteiger partial charge in [-0.3, -0.25) is 4.79 Å². The van der Waals surface area contributed by atoms with Gasteiger partial charge >= 0.3 is 0 Å². The summed E-state index contributed by atoms with van der Waals surface area (Å²) in [7, 11) is 1.73. The van der Waals surface area contributed by atoms with Crippen molar-refractivity contribution < 1.29 is 4.79 Å². The molecule has 14 heavy (non-hydrogen) atoms. The summed E-state index contributed by atoms with van der Waals surface area (Å²) < 4.78 is 0. The molecule has 0 saturated heterocycles. The molecule has 0 bridgehead atoms. The summed E-state index contributed by atoms with van der Waals surface area (Å²) in [6.45, 7) is 0.682. The van der Waals surface area contributed by atoms with E-state index in [9.17, 15) is 4.79 Å². The third kappa shape index (κ3) is 3.19. The van der Waals surface area contributed by atoms with Gasteiger partial charge in [0.1, 0.15) is 6.42 Å². The molecule has 0 N–H and O–H groups in total. The maximum Gasteiger partial charge on any atom is 0.236 e. The Bertz CT molecular complexity index is 326. The Morgan fingerprint density at radius 3 is 3.07 bits per heavy atom. The van der Waals surface area contributed by atoms with Crippen molar-refractivity contribution in [2.24, 2.45) is 0 Å². The van der Waals surface area contributed by atoms with E-state index in [0.29, 0.717) is 6.54 Å². The number of hydrogen-bond acceptors (Lipinski definition) is 3. The van der Waals surface area contributed by atoms with E-state index in [1.807, 2.05) is 23.6 Å². The largest absolute Gasteiger partial charge is 0.345 e. The zero-order chi connectivity index (χ0) is 10.4. The first-order valence-corrected chi connectivity index (χ1v) is 5.25. The fraction of sp³-hybridized carbons (Fsp3) is 0.400. The van der Waals surface area contributed by atoms with Crippen LogP contribution in [-0.4, -0.2) is 24.4 Å². The van der Waals surface area contributed by atoms with Crippen molar-refractivity contribution >= 4 is 17.2 Å². The van der Waals surface area contributed by atoms with Crippen molar-refractivity contribution in [3.63, 3.8) is 0 Å². The summed E-state index contributed by atoms with van der Waals surface area (Å²) in [5.74, 6) is -0.107. The van der Waals surface area contributed by atoms with E-state index in [-0.39, 0.29) is 12.3 Å². The van der Waals surface area contributed by atoms with E-state index in [2.05, 4.69) is 0 Å². The second kappa shape index (κ2) is 5.40. The van der Waals surface area contributed by atoms with E-state index < -0.39 is 0 Å². The van der Waals surface area contributed by atoms with Gasteiger partial charge in [0.25, 0.3) is 0 Å². The lowest BCUT2D eigenvalue weighted by Gasteiger charge is -2.14. The average Bonchev–Trinajstić information content (AvgIpc) is 2.67. The predicted octanol–water partition coefficient (Wildman–Crippen LogP) is 1.66. The van der Waals surface area contributed by atoms with Gasteiger partial charge in [0.2, 0.25) is 5.91 Å².